The van der Waals surface area contributed by atoms with Gasteiger partial charge >= 0.3 is 5.97 Å². The predicted molar refractivity (Wildman–Crippen MR) is 59.9 cm³/mol. The van der Waals surface area contributed by atoms with Crippen molar-refractivity contribution in [2.75, 3.05) is 6.54 Å². The van der Waals surface area contributed by atoms with Gasteiger partial charge in [0.2, 0.25) is 0 Å². The normalized spacial score (nSPS) is 24.2. The topological polar surface area (TPSA) is 69.9 Å². The van der Waals surface area contributed by atoms with E-state index in [1.54, 1.807) is 30.5 Å². The van der Waals surface area contributed by atoms with Crippen LogP contribution in [0.5, 0.6) is 5.75 Å². The Morgan fingerprint density at radius 2 is 2.12 bits per heavy atom. The van der Waals surface area contributed by atoms with Gasteiger partial charge in [-0.15, -0.1) is 0 Å². The molecule has 0 saturated heterocycles. The van der Waals surface area contributed by atoms with Crippen molar-refractivity contribution >= 4 is 12.2 Å². The lowest BCUT2D eigenvalue weighted by Gasteiger charge is -2.24. The Balaban J connectivity index is 2.37. The van der Waals surface area contributed by atoms with Gasteiger partial charge in [0.15, 0.2) is 0 Å². The molecule has 16 heavy (non-hydrogen) atoms. The van der Waals surface area contributed by atoms with Crippen LogP contribution >= 0.6 is 0 Å². The lowest BCUT2D eigenvalue weighted by molar-refractivity contribution is -0.142. The Morgan fingerprint density at radius 1 is 1.38 bits per heavy atom. The van der Waals surface area contributed by atoms with Gasteiger partial charge in [0, 0.05) is 24.2 Å². The number of aliphatic imine (C=N–C) groups is 1. The molecule has 2 atom stereocenters. The van der Waals surface area contributed by atoms with Crippen LogP contribution in [0.1, 0.15) is 17.9 Å². The van der Waals surface area contributed by atoms with Crippen molar-refractivity contribution in [1.29, 1.82) is 0 Å². The van der Waals surface area contributed by atoms with Crippen LogP contribution in [-0.4, -0.2) is 28.9 Å². The van der Waals surface area contributed by atoms with Crippen molar-refractivity contribution in [2.45, 2.75) is 12.3 Å². The maximum absolute atomic E-state index is 11.1. The van der Waals surface area contributed by atoms with Crippen molar-refractivity contribution in [3.05, 3.63) is 29.8 Å². The minimum atomic E-state index is -0.834. The third-order valence-corrected chi connectivity index (χ3v) is 2.88. The van der Waals surface area contributed by atoms with Gasteiger partial charge in [0.25, 0.3) is 0 Å². The van der Waals surface area contributed by atoms with E-state index >= 15 is 0 Å². The third-order valence-electron chi connectivity index (χ3n) is 2.88. The van der Waals surface area contributed by atoms with Gasteiger partial charge in [-0.3, -0.25) is 9.79 Å². The van der Waals surface area contributed by atoms with E-state index in [0.717, 1.165) is 0 Å². The van der Waals surface area contributed by atoms with Crippen LogP contribution in [0.25, 0.3) is 0 Å². The summed E-state index contributed by atoms with van der Waals surface area (Å²) >= 11 is 0. The summed E-state index contributed by atoms with van der Waals surface area (Å²) in [5.74, 6) is -1.52. The average Bonchev–Trinajstić information content (AvgIpc) is 2.29. The molecule has 0 saturated carbocycles. The molecule has 0 aliphatic carbocycles. The first-order chi connectivity index (χ1) is 7.70. The number of carboxylic acids is 1. The molecule has 0 spiro atoms. The Labute approximate surface area is 93.3 Å². The molecule has 0 bridgehead atoms. The molecule has 1 heterocycles. The molecule has 4 heteroatoms. The summed E-state index contributed by atoms with van der Waals surface area (Å²) in [7, 11) is 0. The number of nitrogens with zero attached hydrogens (tertiary/aromatic N) is 1. The highest BCUT2D eigenvalue weighted by Crippen LogP contribution is 2.33. The molecule has 0 amide bonds. The molecular weight excluding hydrogens is 206 g/mol. The summed E-state index contributed by atoms with van der Waals surface area (Å²) in [6.07, 6.45) is 2.15. The van der Waals surface area contributed by atoms with Gasteiger partial charge in [0.05, 0.1) is 5.92 Å². The van der Waals surface area contributed by atoms with E-state index in [1.165, 1.54) is 0 Å². The lowest BCUT2D eigenvalue weighted by Crippen LogP contribution is -2.27. The predicted octanol–water partition coefficient (Wildman–Crippen LogP) is 1.65. The zero-order valence-electron chi connectivity index (χ0n) is 8.71. The number of phenols is 1. The van der Waals surface area contributed by atoms with Crippen LogP contribution < -0.4 is 0 Å². The molecule has 1 aromatic carbocycles. The largest absolute Gasteiger partial charge is 0.508 e. The molecule has 0 aromatic heterocycles. The van der Waals surface area contributed by atoms with Gasteiger partial charge in [-0.2, -0.15) is 0 Å². The van der Waals surface area contributed by atoms with Crippen LogP contribution in [-0.2, 0) is 4.79 Å². The van der Waals surface area contributed by atoms with Gasteiger partial charge in [0.1, 0.15) is 5.75 Å². The molecule has 4 nitrogen and oxygen atoms in total. The van der Waals surface area contributed by atoms with Crippen molar-refractivity contribution in [3.8, 4) is 5.75 Å². The quantitative estimate of drug-likeness (QED) is 0.794. The second-order valence-electron chi connectivity index (χ2n) is 3.87. The highest BCUT2D eigenvalue weighted by atomic mass is 16.4. The van der Waals surface area contributed by atoms with E-state index in [9.17, 15) is 9.90 Å². The Kier molecular flexibility index (Phi) is 2.90. The summed E-state index contributed by atoms with van der Waals surface area (Å²) in [6.45, 7) is 0.543. The average molecular weight is 219 g/mol. The van der Waals surface area contributed by atoms with Gasteiger partial charge in [-0.05, 0) is 12.5 Å². The van der Waals surface area contributed by atoms with Crippen molar-refractivity contribution in [2.24, 2.45) is 10.9 Å². The van der Waals surface area contributed by atoms with E-state index in [1.807, 2.05) is 0 Å². The molecule has 84 valence electrons. The molecule has 0 radical (unpaired) electrons. The number of aliphatic carboxylic acids is 1. The first-order valence-electron chi connectivity index (χ1n) is 5.21. The fraction of sp³-hybridized carbons (Fsp3) is 0.333. The van der Waals surface area contributed by atoms with Crippen molar-refractivity contribution in [3.63, 3.8) is 0 Å². The summed E-state index contributed by atoms with van der Waals surface area (Å²) in [5, 5.41) is 18.8. The Morgan fingerprint density at radius 3 is 2.81 bits per heavy atom. The SMILES string of the molecule is O=C(O)C1CCN=CC1c1ccccc1O. The van der Waals surface area contributed by atoms with Gasteiger partial charge in [-0.25, -0.2) is 0 Å². The third kappa shape index (κ3) is 1.91. The van der Waals surface area contributed by atoms with E-state index in [0.29, 0.717) is 18.5 Å². The molecular formula is C12H13NO3. The zero-order valence-corrected chi connectivity index (χ0v) is 8.71. The molecule has 1 aliphatic rings. The number of benzene rings is 1. The monoisotopic (exact) mass is 219 g/mol. The number of hydrogen-bond acceptors (Lipinski definition) is 3. The standard InChI is InChI=1S/C12H13NO3/c14-11-4-2-1-3-8(11)10-7-13-6-5-9(10)12(15)16/h1-4,7,9-10,14H,5-6H2,(H,15,16). The number of para-hydroxylation sites is 1. The minimum absolute atomic E-state index is 0.132. The van der Waals surface area contributed by atoms with Crippen LogP contribution in [0.2, 0.25) is 0 Å². The van der Waals surface area contributed by atoms with Crippen LogP contribution in [0, 0.1) is 5.92 Å². The summed E-state index contributed by atoms with van der Waals surface area (Å²) in [6, 6.07) is 6.81. The molecule has 2 unspecified atom stereocenters. The Hall–Kier alpha value is -1.84. The van der Waals surface area contributed by atoms with E-state index in [2.05, 4.69) is 4.99 Å². The van der Waals surface area contributed by atoms with E-state index in [-0.39, 0.29) is 11.7 Å². The Bertz CT molecular complexity index is 428. The number of rotatable bonds is 2. The molecule has 0 fully saturated rings. The number of carboxylic acid groups (broad SMARTS) is 1. The van der Waals surface area contributed by atoms with Gasteiger partial charge < -0.3 is 10.2 Å². The van der Waals surface area contributed by atoms with Crippen LogP contribution in [0.4, 0.5) is 0 Å². The fourth-order valence-electron chi connectivity index (χ4n) is 2.03. The summed E-state index contributed by atoms with van der Waals surface area (Å²) in [5.41, 5.74) is 0.637. The molecule has 1 aromatic rings. The maximum atomic E-state index is 11.1. The maximum Gasteiger partial charge on any atom is 0.307 e. The summed E-state index contributed by atoms with van der Waals surface area (Å²) in [4.78, 5) is 15.2. The number of hydrogen-bond donors (Lipinski definition) is 2. The van der Waals surface area contributed by atoms with Crippen LogP contribution in [0.15, 0.2) is 29.3 Å². The fourth-order valence-corrected chi connectivity index (χ4v) is 2.03. The van der Waals surface area contributed by atoms with E-state index < -0.39 is 11.9 Å². The van der Waals surface area contributed by atoms with Gasteiger partial charge in [-0.1, -0.05) is 18.2 Å². The molecule has 2 rings (SSSR count). The molecule has 2 N–H and O–H groups in total. The number of aromatic hydroxyl groups is 1. The first-order valence-corrected chi connectivity index (χ1v) is 5.21. The second kappa shape index (κ2) is 4.35. The molecule has 1 aliphatic heterocycles. The lowest BCUT2D eigenvalue weighted by atomic mass is 9.83. The zero-order chi connectivity index (χ0) is 11.5. The van der Waals surface area contributed by atoms with Crippen molar-refractivity contribution in [1.82, 2.24) is 0 Å². The highest BCUT2D eigenvalue weighted by molar-refractivity contribution is 5.81. The minimum Gasteiger partial charge on any atom is -0.508 e. The summed E-state index contributed by atoms with van der Waals surface area (Å²) < 4.78 is 0. The first kappa shape index (κ1) is 10.7. The second-order valence-corrected chi connectivity index (χ2v) is 3.87. The highest BCUT2D eigenvalue weighted by Gasteiger charge is 2.31. The number of phenolic OH excluding ortho intramolecular Hbond substituents is 1. The number of carbonyl (C=O) groups is 1. The van der Waals surface area contributed by atoms with Crippen LogP contribution in [0.3, 0.4) is 0 Å². The van der Waals surface area contributed by atoms with Crippen molar-refractivity contribution < 1.29 is 15.0 Å². The van der Waals surface area contributed by atoms with E-state index in [4.69, 9.17) is 5.11 Å². The smallest absolute Gasteiger partial charge is 0.307 e.